The second kappa shape index (κ2) is 8.25. The predicted molar refractivity (Wildman–Crippen MR) is 88.2 cm³/mol. The fourth-order valence-electron chi connectivity index (χ4n) is 1.63. The Hall–Kier alpha value is -1.26. The molecule has 1 aromatic carbocycles. The molecule has 0 radical (unpaired) electrons. The van der Waals surface area contributed by atoms with E-state index in [0.717, 1.165) is 5.69 Å². The molecule has 0 saturated carbocycles. The van der Waals surface area contributed by atoms with Crippen molar-refractivity contribution in [2.24, 2.45) is 5.92 Å². The highest BCUT2D eigenvalue weighted by Gasteiger charge is 2.13. The van der Waals surface area contributed by atoms with Crippen LogP contribution in [0.25, 0.3) is 0 Å². The number of nitrogens with one attached hydrogen (secondary N) is 2. The van der Waals surface area contributed by atoms with Gasteiger partial charge in [0.05, 0.1) is 16.7 Å². The molecule has 1 aromatic rings. The van der Waals surface area contributed by atoms with Crippen molar-refractivity contribution in [3.63, 3.8) is 0 Å². The predicted octanol–water partition coefficient (Wildman–Crippen LogP) is 3.56. The molecule has 1 amide bonds. The molecule has 118 valence electrons. The molecule has 2 N–H and O–H groups in total. The molecule has 0 spiro atoms. The Morgan fingerprint density at radius 2 is 1.95 bits per heavy atom. The van der Waals surface area contributed by atoms with Gasteiger partial charge in [-0.1, -0.05) is 25.4 Å². The largest absolute Gasteiger partial charge is 0.382 e. The van der Waals surface area contributed by atoms with Crippen molar-refractivity contribution in [3.8, 4) is 0 Å². The first-order valence-corrected chi connectivity index (χ1v) is 7.60. The van der Waals surface area contributed by atoms with E-state index in [1.165, 1.54) is 0 Å². The number of carbonyl (C=O) groups is 1. The van der Waals surface area contributed by atoms with Crippen LogP contribution in [0, 0.1) is 5.92 Å². The Labute approximate surface area is 132 Å². The summed E-state index contributed by atoms with van der Waals surface area (Å²) >= 11 is 6.12. The van der Waals surface area contributed by atoms with Crippen LogP contribution in [-0.2, 0) is 4.74 Å². The van der Waals surface area contributed by atoms with Crippen LogP contribution in [-0.4, -0.2) is 31.7 Å². The molecule has 1 rings (SSSR count). The van der Waals surface area contributed by atoms with Gasteiger partial charge in [0, 0.05) is 25.4 Å². The molecule has 0 bridgehead atoms. The van der Waals surface area contributed by atoms with Crippen LogP contribution in [0.4, 0.5) is 5.69 Å². The van der Waals surface area contributed by atoms with Gasteiger partial charge in [0.1, 0.15) is 0 Å². The first-order chi connectivity index (χ1) is 9.85. The molecule has 0 aliphatic heterocycles. The second-order valence-corrected chi connectivity index (χ2v) is 6.04. The quantitative estimate of drug-likeness (QED) is 0.809. The Morgan fingerprint density at radius 1 is 1.29 bits per heavy atom. The van der Waals surface area contributed by atoms with Gasteiger partial charge in [-0.15, -0.1) is 0 Å². The number of halogens is 1. The van der Waals surface area contributed by atoms with Crippen LogP contribution >= 0.6 is 11.6 Å². The summed E-state index contributed by atoms with van der Waals surface area (Å²) in [7, 11) is 1.61. The molecular weight excluding hydrogens is 288 g/mol. The zero-order chi connectivity index (χ0) is 16.0. The number of hydrogen-bond donors (Lipinski definition) is 2. The van der Waals surface area contributed by atoms with Gasteiger partial charge in [-0.25, -0.2) is 0 Å². The van der Waals surface area contributed by atoms with Crippen molar-refractivity contribution in [1.82, 2.24) is 5.32 Å². The zero-order valence-corrected chi connectivity index (χ0v) is 14.1. The Balaban J connectivity index is 2.79. The van der Waals surface area contributed by atoms with Crippen molar-refractivity contribution < 1.29 is 9.53 Å². The summed E-state index contributed by atoms with van der Waals surface area (Å²) in [5, 5.41) is 6.64. The number of hydrogen-bond acceptors (Lipinski definition) is 3. The van der Waals surface area contributed by atoms with E-state index in [1.54, 1.807) is 19.2 Å². The van der Waals surface area contributed by atoms with Gasteiger partial charge in [-0.2, -0.15) is 0 Å². The highest BCUT2D eigenvalue weighted by atomic mass is 35.5. The van der Waals surface area contributed by atoms with E-state index >= 15 is 0 Å². The van der Waals surface area contributed by atoms with Gasteiger partial charge in [0.25, 0.3) is 5.91 Å². The van der Waals surface area contributed by atoms with Gasteiger partial charge in [0.2, 0.25) is 0 Å². The molecule has 5 heteroatoms. The minimum absolute atomic E-state index is 0.0324. The summed E-state index contributed by atoms with van der Waals surface area (Å²) in [6, 6.07) is 5.73. The first kappa shape index (κ1) is 17.8. The van der Waals surface area contributed by atoms with E-state index in [1.807, 2.05) is 13.0 Å². The molecule has 0 aliphatic carbocycles. The van der Waals surface area contributed by atoms with Gasteiger partial charge >= 0.3 is 0 Å². The molecular formula is C16H25ClN2O2. The standard InChI is InChI=1S/C16H25ClN2O2/c1-10(2)12(4)19-13-6-7-15(17)14(8-13)16(20)18-9-11(3)21-5/h6-8,10-12,19H,9H2,1-5H3,(H,18,20)/t11-,12-/m1/s1. The highest BCUT2D eigenvalue weighted by molar-refractivity contribution is 6.34. The first-order valence-electron chi connectivity index (χ1n) is 7.22. The number of anilines is 1. The van der Waals surface area contributed by atoms with Gasteiger partial charge < -0.3 is 15.4 Å². The molecule has 2 atom stereocenters. The maximum absolute atomic E-state index is 12.2. The van der Waals surface area contributed by atoms with Gasteiger partial charge in [-0.3, -0.25) is 4.79 Å². The Kier molecular flexibility index (Phi) is 6.99. The summed E-state index contributed by atoms with van der Waals surface area (Å²) < 4.78 is 5.11. The minimum Gasteiger partial charge on any atom is -0.382 e. The third-order valence-electron chi connectivity index (χ3n) is 3.56. The monoisotopic (exact) mass is 312 g/mol. The van der Waals surface area contributed by atoms with E-state index in [9.17, 15) is 4.79 Å². The highest BCUT2D eigenvalue weighted by Crippen LogP contribution is 2.22. The van der Waals surface area contributed by atoms with Crippen molar-refractivity contribution in [2.75, 3.05) is 19.0 Å². The summed E-state index contributed by atoms with van der Waals surface area (Å²) in [6.45, 7) is 8.75. The summed E-state index contributed by atoms with van der Waals surface area (Å²) in [5.41, 5.74) is 1.37. The van der Waals surface area contributed by atoms with E-state index in [2.05, 4.69) is 31.4 Å². The van der Waals surface area contributed by atoms with E-state index in [4.69, 9.17) is 16.3 Å². The van der Waals surface area contributed by atoms with E-state index in [-0.39, 0.29) is 12.0 Å². The zero-order valence-electron chi connectivity index (χ0n) is 13.4. The fraction of sp³-hybridized carbons (Fsp3) is 0.562. The summed E-state index contributed by atoms with van der Waals surface area (Å²) in [6.07, 6.45) is -0.0324. The summed E-state index contributed by atoms with van der Waals surface area (Å²) in [5.74, 6) is 0.310. The van der Waals surface area contributed by atoms with E-state index < -0.39 is 0 Å². The SMILES string of the molecule is CO[C@H](C)CNC(=O)c1cc(N[C@H](C)C(C)C)ccc1Cl. The number of amides is 1. The number of rotatable bonds is 7. The number of benzene rings is 1. The lowest BCUT2D eigenvalue weighted by molar-refractivity contribution is 0.0870. The average molecular weight is 313 g/mol. The summed E-state index contributed by atoms with van der Waals surface area (Å²) in [4.78, 5) is 12.2. The van der Waals surface area contributed by atoms with Crippen molar-refractivity contribution in [1.29, 1.82) is 0 Å². The normalized spacial score (nSPS) is 13.9. The van der Waals surface area contributed by atoms with Crippen molar-refractivity contribution in [3.05, 3.63) is 28.8 Å². The van der Waals surface area contributed by atoms with Gasteiger partial charge in [-0.05, 0) is 38.0 Å². The number of ether oxygens (including phenoxy) is 1. The third kappa shape index (κ3) is 5.56. The lowest BCUT2D eigenvalue weighted by Crippen LogP contribution is -2.31. The Bertz CT molecular complexity index is 477. The molecule has 0 aliphatic rings. The van der Waals surface area contributed by atoms with Crippen LogP contribution in [0.15, 0.2) is 18.2 Å². The van der Waals surface area contributed by atoms with Crippen molar-refractivity contribution >= 4 is 23.2 Å². The maximum Gasteiger partial charge on any atom is 0.252 e. The molecule has 0 saturated heterocycles. The third-order valence-corrected chi connectivity index (χ3v) is 3.89. The molecule has 0 aromatic heterocycles. The molecule has 0 fully saturated rings. The lowest BCUT2D eigenvalue weighted by atomic mass is 10.1. The maximum atomic E-state index is 12.2. The fourth-order valence-corrected chi connectivity index (χ4v) is 1.84. The number of methoxy groups -OCH3 is 1. The van der Waals surface area contributed by atoms with Crippen molar-refractivity contribution in [2.45, 2.75) is 39.8 Å². The second-order valence-electron chi connectivity index (χ2n) is 5.63. The van der Waals surface area contributed by atoms with Gasteiger partial charge in [0.15, 0.2) is 0 Å². The molecule has 0 unspecified atom stereocenters. The molecule has 4 nitrogen and oxygen atoms in total. The van der Waals surface area contributed by atoms with E-state index in [0.29, 0.717) is 29.1 Å². The smallest absolute Gasteiger partial charge is 0.252 e. The Morgan fingerprint density at radius 3 is 2.52 bits per heavy atom. The molecule has 0 heterocycles. The average Bonchev–Trinajstić information content (AvgIpc) is 2.46. The van der Waals surface area contributed by atoms with Crippen LogP contribution in [0.2, 0.25) is 5.02 Å². The van der Waals surface area contributed by atoms with Crippen LogP contribution < -0.4 is 10.6 Å². The number of carbonyl (C=O) groups excluding carboxylic acids is 1. The van der Waals surface area contributed by atoms with Crippen LogP contribution in [0.1, 0.15) is 38.1 Å². The lowest BCUT2D eigenvalue weighted by Gasteiger charge is -2.19. The minimum atomic E-state index is -0.190. The molecule has 21 heavy (non-hydrogen) atoms. The van der Waals surface area contributed by atoms with Crippen LogP contribution in [0.3, 0.4) is 0 Å². The van der Waals surface area contributed by atoms with Crippen LogP contribution in [0.5, 0.6) is 0 Å². The topological polar surface area (TPSA) is 50.4 Å².